The van der Waals surface area contributed by atoms with E-state index in [-0.39, 0.29) is 16.9 Å². The summed E-state index contributed by atoms with van der Waals surface area (Å²) in [5, 5.41) is 11.2. The predicted octanol–water partition coefficient (Wildman–Crippen LogP) is 1.34. The number of carbonyl (C=O) groups is 2. The van der Waals surface area contributed by atoms with Crippen LogP contribution >= 0.6 is 0 Å². The van der Waals surface area contributed by atoms with Gasteiger partial charge < -0.3 is 10.1 Å². The largest absolute Gasteiger partial charge is 0.435 e. The summed E-state index contributed by atoms with van der Waals surface area (Å²) in [5.74, 6) is -3.64. The summed E-state index contributed by atoms with van der Waals surface area (Å²) in [6.45, 7) is -3.15. The number of likely N-dealkylation sites (N-methyl/N-ethyl adjacent to an activating group) is 1. The number of carbonyl (C=O) groups excluding carboxylic acids is 2. The topological polar surface area (TPSA) is 129 Å². The lowest BCUT2D eigenvalue weighted by Gasteiger charge is -2.20. The quantitative estimate of drug-likeness (QED) is 0.449. The van der Waals surface area contributed by atoms with Crippen molar-refractivity contribution in [3.63, 3.8) is 0 Å². The maximum atomic E-state index is 12.7. The molecule has 0 aliphatic rings. The normalized spacial score (nSPS) is 12.0. The van der Waals surface area contributed by atoms with Crippen LogP contribution in [0, 0.1) is 11.5 Å². The lowest BCUT2D eigenvalue weighted by molar-refractivity contribution is -0.128. The second kappa shape index (κ2) is 10.4. The van der Waals surface area contributed by atoms with Crippen molar-refractivity contribution in [2.75, 3.05) is 12.8 Å². The molecule has 0 bridgehead atoms. The number of hydrogen-bond donors (Lipinski definition) is 1. The first-order valence-corrected chi connectivity index (χ1v) is 10.6. The van der Waals surface area contributed by atoms with E-state index in [1.807, 2.05) is 0 Å². The number of pyridine rings is 1. The van der Waals surface area contributed by atoms with Gasteiger partial charge >= 0.3 is 6.61 Å². The Labute approximate surface area is 177 Å². The number of rotatable bonds is 9. The van der Waals surface area contributed by atoms with Crippen LogP contribution in [0.5, 0.6) is 5.75 Å². The Hall–Kier alpha value is -3.59. The molecule has 0 radical (unpaired) electrons. The van der Waals surface area contributed by atoms with E-state index in [2.05, 4.69) is 15.0 Å². The number of amides is 2. The zero-order valence-electron chi connectivity index (χ0n) is 16.2. The molecule has 0 aliphatic carbocycles. The van der Waals surface area contributed by atoms with Crippen molar-refractivity contribution < 1.29 is 31.5 Å². The third-order valence-corrected chi connectivity index (χ3v) is 5.58. The van der Waals surface area contributed by atoms with Crippen molar-refractivity contribution >= 4 is 21.7 Å². The molecule has 1 atom stereocenters. The van der Waals surface area contributed by atoms with Gasteiger partial charge in [0, 0.05) is 25.0 Å². The summed E-state index contributed by atoms with van der Waals surface area (Å²) in [5.41, 5.74) is 0.0363. The molecule has 0 spiro atoms. The van der Waals surface area contributed by atoms with Crippen LogP contribution in [0.15, 0.2) is 48.8 Å². The number of aromatic nitrogens is 1. The van der Waals surface area contributed by atoms with Gasteiger partial charge in [-0.1, -0.05) is 18.2 Å². The van der Waals surface area contributed by atoms with Crippen molar-refractivity contribution in [3.05, 3.63) is 59.9 Å². The Morgan fingerprint density at radius 3 is 2.58 bits per heavy atom. The second-order valence-electron chi connectivity index (χ2n) is 6.31. The number of nitriles is 1. The second-order valence-corrected chi connectivity index (χ2v) is 8.41. The smallest absolute Gasteiger partial charge is 0.387 e. The van der Waals surface area contributed by atoms with Crippen LogP contribution in [0.2, 0.25) is 0 Å². The number of sulfone groups is 1. The van der Waals surface area contributed by atoms with Gasteiger partial charge in [-0.3, -0.25) is 19.5 Å². The fourth-order valence-corrected chi connectivity index (χ4v) is 4.14. The van der Waals surface area contributed by atoms with Crippen LogP contribution in [0.25, 0.3) is 0 Å². The van der Waals surface area contributed by atoms with Crippen LogP contribution in [-0.2, 0) is 20.4 Å². The number of alkyl halides is 2. The molecule has 2 rings (SSSR count). The minimum Gasteiger partial charge on any atom is -0.435 e. The van der Waals surface area contributed by atoms with Gasteiger partial charge in [0.1, 0.15) is 11.8 Å². The van der Waals surface area contributed by atoms with E-state index in [1.165, 1.54) is 48.8 Å². The molecule has 1 heterocycles. The minimum atomic E-state index is -4.12. The van der Waals surface area contributed by atoms with Crippen LogP contribution in [-0.4, -0.2) is 55.6 Å². The van der Waals surface area contributed by atoms with E-state index in [0.717, 1.165) is 7.05 Å². The highest BCUT2D eigenvalue weighted by Crippen LogP contribution is 2.23. The van der Waals surface area contributed by atoms with Crippen LogP contribution in [0.4, 0.5) is 8.78 Å². The molecule has 31 heavy (non-hydrogen) atoms. The van der Waals surface area contributed by atoms with Crippen LogP contribution in [0.1, 0.15) is 15.9 Å². The number of benzene rings is 1. The van der Waals surface area contributed by atoms with Gasteiger partial charge in [0.2, 0.25) is 0 Å². The molecular formula is C19H18F2N4O5S. The molecular weight excluding hydrogens is 434 g/mol. The summed E-state index contributed by atoms with van der Waals surface area (Å²) in [4.78, 5) is 29.2. The molecule has 9 nitrogen and oxygen atoms in total. The fourth-order valence-electron chi connectivity index (χ4n) is 2.58. The molecule has 0 aliphatic heterocycles. The lowest BCUT2D eigenvalue weighted by Crippen LogP contribution is -2.50. The molecule has 164 valence electrons. The Morgan fingerprint density at radius 2 is 1.97 bits per heavy atom. The Morgan fingerprint density at radius 1 is 1.26 bits per heavy atom. The monoisotopic (exact) mass is 452 g/mol. The summed E-state index contributed by atoms with van der Waals surface area (Å²) >= 11 is 0. The predicted molar refractivity (Wildman–Crippen MR) is 104 cm³/mol. The maximum absolute atomic E-state index is 12.7. The number of halogens is 2. The van der Waals surface area contributed by atoms with Crippen molar-refractivity contribution in [1.29, 1.82) is 5.26 Å². The molecule has 1 aromatic heterocycles. The molecule has 2 amide bonds. The van der Waals surface area contributed by atoms with Gasteiger partial charge in [-0.2, -0.15) is 14.0 Å². The van der Waals surface area contributed by atoms with Crippen LogP contribution in [0.3, 0.4) is 0 Å². The summed E-state index contributed by atoms with van der Waals surface area (Å²) in [6, 6.07) is 6.61. The highest BCUT2D eigenvalue weighted by atomic mass is 32.2. The third kappa shape index (κ3) is 7.00. The Kier molecular flexibility index (Phi) is 7.98. The Balaban J connectivity index is 2.26. The molecule has 0 unspecified atom stereocenters. The average Bonchev–Trinajstić information content (AvgIpc) is 2.73. The van der Waals surface area contributed by atoms with Crippen molar-refractivity contribution in [2.45, 2.75) is 18.4 Å². The molecule has 0 fully saturated rings. The van der Waals surface area contributed by atoms with E-state index in [9.17, 15) is 26.8 Å². The average molecular weight is 452 g/mol. The first kappa shape index (κ1) is 23.7. The van der Waals surface area contributed by atoms with E-state index in [0.29, 0.717) is 4.90 Å². The zero-order chi connectivity index (χ0) is 23.0. The van der Waals surface area contributed by atoms with Gasteiger partial charge in [-0.05, 0) is 18.2 Å². The lowest BCUT2D eigenvalue weighted by atomic mass is 10.2. The standard InChI is InChI=1S/C19H18F2N4O5S/c1-25(12-22)18(27)15(24-17(26)13-6-4-8-23-9-13)11-31(28,29)10-14-5-2-3-7-16(14)30-19(20)21/h2-9,15,19H,10-11H2,1H3,(H,24,26)/t15-/m1/s1. The summed E-state index contributed by atoms with van der Waals surface area (Å²) in [6.07, 6.45) is 4.19. The number of nitrogens with zero attached hydrogens (tertiary/aromatic N) is 3. The number of hydrogen-bond acceptors (Lipinski definition) is 7. The van der Waals surface area contributed by atoms with E-state index in [4.69, 9.17) is 5.26 Å². The van der Waals surface area contributed by atoms with Gasteiger partial charge in [0.25, 0.3) is 11.8 Å². The van der Waals surface area contributed by atoms with Gasteiger partial charge in [-0.15, -0.1) is 0 Å². The van der Waals surface area contributed by atoms with Crippen molar-refractivity contribution in [2.24, 2.45) is 0 Å². The maximum Gasteiger partial charge on any atom is 0.387 e. The Bertz CT molecular complexity index is 1070. The SMILES string of the molecule is CN(C#N)C(=O)[C@@H](CS(=O)(=O)Cc1ccccc1OC(F)F)NC(=O)c1cccnc1. The highest BCUT2D eigenvalue weighted by Gasteiger charge is 2.30. The zero-order valence-corrected chi connectivity index (χ0v) is 17.1. The molecule has 0 saturated carbocycles. The summed E-state index contributed by atoms with van der Waals surface area (Å²) in [7, 11) is -3.00. The molecule has 0 saturated heterocycles. The number of para-hydroxylation sites is 1. The molecule has 2 aromatic rings. The van der Waals surface area contributed by atoms with Gasteiger partial charge in [-0.25, -0.2) is 8.42 Å². The number of ether oxygens (including phenoxy) is 1. The first-order chi connectivity index (χ1) is 14.6. The summed E-state index contributed by atoms with van der Waals surface area (Å²) < 4.78 is 54.9. The molecule has 1 aromatic carbocycles. The third-order valence-electron chi connectivity index (χ3n) is 3.99. The van der Waals surface area contributed by atoms with E-state index < -0.39 is 45.8 Å². The van der Waals surface area contributed by atoms with Crippen LogP contribution < -0.4 is 10.1 Å². The number of nitrogens with one attached hydrogen (secondary N) is 1. The highest BCUT2D eigenvalue weighted by molar-refractivity contribution is 7.90. The van der Waals surface area contributed by atoms with Crippen molar-refractivity contribution in [3.8, 4) is 11.9 Å². The fraction of sp³-hybridized carbons (Fsp3) is 0.263. The van der Waals surface area contributed by atoms with Gasteiger partial charge in [0.05, 0.1) is 17.1 Å². The molecule has 12 heteroatoms. The van der Waals surface area contributed by atoms with E-state index in [1.54, 1.807) is 6.19 Å². The molecule has 1 N–H and O–H groups in total. The minimum absolute atomic E-state index is 0.0405. The first-order valence-electron chi connectivity index (χ1n) is 8.74. The van der Waals surface area contributed by atoms with E-state index >= 15 is 0 Å². The van der Waals surface area contributed by atoms with Crippen molar-refractivity contribution in [1.82, 2.24) is 15.2 Å². The van der Waals surface area contributed by atoms with Gasteiger partial charge in [0.15, 0.2) is 16.0 Å².